The SMILES string of the molecule is C#C.CCCc1ccc(C(=O)O)s1.C[C@@H](O)CCCC/C=C/[C@H]1CC[C@@H](Br)C1. The van der Waals surface area contributed by atoms with Crippen LogP contribution in [0.4, 0.5) is 0 Å². The Bertz CT molecular complexity index is 577. The van der Waals surface area contributed by atoms with Gasteiger partial charge in [-0.2, -0.15) is 0 Å². The monoisotopic (exact) mass is 470 g/mol. The number of aromatic carboxylic acids is 1. The number of carboxylic acid groups (broad SMARTS) is 1. The fourth-order valence-corrected chi connectivity index (χ4v) is 4.69. The van der Waals surface area contributed by atoms with Crippen molar-refractivity contribution >= 4 is 33.2 Å². The Morgan fingerprint density at radius 2 is 2.07 bits per heavy atom. The van der Waals surface area contributed by atoms with E-state index in [1.165, 1.54) is 43.4 Å². The van der Waals surface area contributed by atoms with E-state index in [1.807, 2.05) is 13.0 Å². The normalized spacial score (nSPS) is 19.4. The molecule has 2 rings (SSSR count). The van der Waals surface area contributed by atoms with Gasteiger partial charge >= 0.3 is 5.97 Å². The van der Waals surface area contributed by atoms with Crippen LogP contribution >= 0.6 is 27.3 Å². The molecule has 0 aliphatic heterocycles. The average Bonchev–Trinajstić information content (AvgIpc) is 3.30. The van der Waals surface area contributed by atoms with Gasteiger partial charge in [-0.05, 0) is 69.9 Å². The lowest BCUT2D eigenvalue weighted by Crippen LogP contribution is -1.97. The Labute approximate surface area is 183 Å². The van der Waals surface area contributed by atoms with E-state index in [9.17, 15) is 4.79 Å². The lowest BCUT2D eigenvalue weighted by Gasteiger charge is -2.03. The molecule has 1 aromatic heterocycles. The van der Waals surface area contributed by atoms with Gasteiger partial charge in [0.1, 0.15) is 4.88 Å². The number of carbonyl (C=O) groups is 1. The fourth-order valence-electron chi connectivity index (χ4n) is 3.00. The van der Waals surface area contributed by atoms with Crippen molar-refractivity contribution in [1.29, 1.82) is 0 Å². The Morgan fingerprint density at radius 1 is 1.36 bits per heavy atom. The molecule has 0 radical (unpaired) electrons. The Balaban J connectivity index is 0.000000497. The van der Waals surface area contributed by atoms with E-state index < -0.39 is 5.97 Å². The minimum absolute atomic E-state index is 0.127. The summed E-state index contributed by atoms with van der Waals surface area (Å²) < 4.78 is 0. The second kappa shape index (κ2) is 16.8. The van der Waals surface area contributed by atoms with Crippen molar-refractivity contribution in [1.82, 2.24) is 0 Å². The number of unbranched alkanes of at least 4 members (excludes halogenated alkanes) is 2. The van der Waals surface area contributed by atoms with Crippen molar-refractivity contribution in [3.8, 4) is 12.8 Å². The molecule has 1 fully saturated rings. The first kappa shape index (κ1) is 26.9. The summed E-state index contributed by atoms with van der Waals surface area (Å²) in [5.41, 5.74) is 0. The highest BCUT2D eigenvalue weighted by Crippen LogP contribution is 2.31. The van der Waals surface area contributed by atoms with Gasteiger partial charge in [0, 0.05) is 9.70 Å². The van der Waals surface area contributed by atoms with Crippen LogP contribution in [0.1, 0.15) is 79.8 Å². The molecule has 0 amide bonds. The largest absolute Gasteiger partial charge is 0.477 e. The zero-order chi connectivity index (χ0) is 21.4. The van der Waals surface area contributed by atoms with Crippen molar-refractivity contribution in [3.63, 3.8) is 0 Å². The van der Waals surface area contributed by atoms with Crippen molar-refractivity contribution in [2.24, 2.45) is 5.92 Å². The molecular formula is C23H35BrO3S. The molecule has 5 heteroatoms. The number of aliphatic hydroxyl groups is 1. The number of aliphatic hydroxyl groups excluding tert-OH is 1. The molecule has 1 aromatic rings. The van der Waals surface area contributed by atoms with E-state index in [1.54, 1.807) is 6.07 Å². The molecule has 3 nitrogen and oxygen atoms in total. The third kappa shape index (κ3) is 13.1. The molecule has 0 bridgehead atoms. The first-order chi connectivity index (χ1) is 13.4. The second-order valence-electron chi connectivity index (χ2n) is 7.05. The van der Waals surface area contributed by atoms with Gasteiger partial charge in [0.15, 0.2) is 0 Å². The molecule has 0 saturated heterocycles. The topological polar surface area (TPSA) is 57.5 Å². The number of hydrogen-bond acceptors (Lipinski definition) is 3. The number of allylic oxidation sites excluding steroid dienone is 2. The van der Waals surface area contributed by atoms with Gasteiger partial charge in [-0.1, -0.05) is 47.8 Å². The number of thiophene rings is 1. The summed E-state index contributed by atoms with van der Waals surface area (Å²) in [5.74, 6) is -0.0107. The van der Waals surface area contributed by atoms with Crippen LogP contribution in [0.5, 0.6) is 0 Å². The maximum Gasteiger partial charge on any atom is 0.345 e. The van der Waals surface area contributed by atoms with Gasteiger partial charge in [-0.15, -0.1) is 24.2 Å². The van der Waals surface area contributed by atoms with Crippen LogP contribution in [0.25, 0.3) is 0 Å². The summed E-state index contributed by atoms with van der Waals surface area (Å²) in [6, 6.07) is 3.55. The molecule has 0 unspecified atom stereocenters. The van der Waals surface area contributed by atoms with Gasteiger partial charge in [0.25, 0.3) is 0 Å². The van der Waals surface area contributed by atoms with Crippen molar-refractivity contribution < 1.29 is 15.0 Å². The third-order valence-electron chi connectivity index (χ3n) is 4.43. The van der Waals surface area contributed by atoms with Gasteiger partial charge < -0.3 is 10.2 Å². The highest BCUT2D eigenvalue weighted by Gasteiger charge is 2.19. The van der Waals surface area contributed by atoms with Gasteiger partial charge in [-0.25, -0.2) is 4.79 Å². The first-order valence-electron chi connectivity index (χ1n) is 10.1. The molecule has 158 valence electrons. The van der Waals surface area contributed by atoms with Crippen LogP contribution in [-0.4, -0.2) is 27.1 Å². The number of alkyl halides is 1. The van der Waals surface area contributed by atoms with Gasteiger partial charge in [-0.3, -0.25) is 0 Å². The average molecular weight is 472 g/mol. The first-order valence-corrected chi connectivity index (χ1v) is 11.8. The second-order valence-corrected chi connectivity index (χ2v) is 9.52. The Morgan fingerprint density at radius 3 is 2.57 bits per heavy atom. The zero-order valence-electron chi connectivity index (χ0n) is 17.1. The van der Waals surface area contributed by atoms with Crippen molar-refractivity contribution in [3.05, 3.63) is 34.0 Å². The van der Waals surface area contributed by atoms with Crippen LogP contribution in [-0.2, 0) is 6.42 Å². The molecule has 3 atom stereocenters. The molecule has 1 aliphatic carbocycles. The smallest absolute Gasteiger partial charge is 0.345 e. The molecule has 28 heavy (non-hydrogen) atoms. The Hall–Kier alpha value is -1.09. The number of hydrogen-bond donors (Lipinski definition) is 2. The molecule has 0 aromatic carbocycles. The van der Waals surface area contributed by atoms with E-state index in [-0.39, 0.29) is 6.10 Å². The molecule has 1 aliphatic rings. The Kier molecular flexibility index (Phi) is 16.2. The van der Waals surface area contributed by atoms with Gasteiger partial charge in [0.2, 0.25) is 0 Å². The highest BCUT2D eigenvalue weighted by atomic mass is 79.9. The minimum Gasteiger partial charge on any atom is -0.477 e. The lowest BCUT2D eigenvalue weighted by molar-refractivity contribution is 0.0702. The molecule has 1 heterocycles. The van der Waals surface area contributed by atoms with Crippen LogP contribution < -0.4 is 0 Å². The number of rotatable bonds is 9. The van der Waals surface area contributed by atoms with E-state index in [0.717, 1.165) is 41.3 Å². The summed E-state index contributed by atoms with van der Waals surface area (Å²) in [7, 11) is 0. The quantitative estimate of drug-likeness (QED) is 0.182. The minimum atomic E-state index is -0.822. The van der Waals surface area contributed by atoms with Crippen LogP contribution in [0, 0.1) is 18.8 Å². The van der Waals surface area contributed by atoms with E-state index in [4.69, 9.17) is 10.2 Å². The lowest BCUT2D eigenvalue weighted by atomic mass is 10.1. The number of terminal acetylenes is 1. The van der Waals surface area contributed by atoms with Crippen LogP contribution in [0.3, 0.4) is 0 Å². The standard InChI is InChI=1S/C13H23BrO.C8H10O2S.C2H2/c1-11(15)6-4-2-3-5-7-12-8-9-13(14)10-12;1-2-3-6-4-5-7(11-6)8(9)10;1-2/h5,7,11-13,15H,2-4,6,8-10H2,1H3;4-5H,2-3H2,1H3,(H,9,10);1-2H/b7-5+;;/t11-,12+,13-;;/m1../s1. The highest BCUT2D eigenvalue weighted by molar-refractivity contribution is 9.09. The number of halogens is 1. The molecule has 0 spiro atoms. The summed E-state index contributed by atoms with van der Waals surface area (Å²) in [6.45, 7) is 3.95. The van der Waals surface area contributed by atoms with Gasteiger partial charge in [0.05, 0.1) is 6.10 Å². The molecule has 1 saturated carbocycles. The van der Waals surface area contributed by atoms with E-state index >= 15 is 0 Å². The van der Waals surface area contributed by atoms with Crippen molar-refractivity contribution in [2.75, 3.05) is 0 Å². The number of aryl methyl sites for hydroxylation is 1. The maximum atomic E-state index is 10.4. The summed E-state index contributed by atoms with van der Waals surface area (Å²) in [4.78, 5) is 12.8. The molecular weight excluding hydrogens is 436 g/mol. The summed E-state index contributed by atoms with van der Waals surface area (Å²) >= 11 is 5.03. The summed E-state index contributed by atoms with van der Waals surface area (Å²) in [5, 5.41) is 17.7. The van der Waals surface area contributed by atoms with E-state index in [0.29, 0.717) is 4.88 Å². The molecule has 2 N–H and O–H groups in total. The predicted octanol–water partition coefficient (Wildman–Crippen LogP) is 6.70. The predicted molar refractivity (Wildman–Crippen MR) is 125 cm³/mol. The number of carboxylic acids is 1. The maximum absolute atomic E-state index is 10.4. The fraction of sp³-hybridized carbons (Fsp3) is 0.609. The van der Waals surface area contributed by atoms with Crippen LogP contribution in [0.2, 0.25) is 0 Å². The zero-order valence-corrected chi connectivity index (χ0v) is 19.6. The van der Waals surface area contributed by atoms with E-state index in [2.05, 4.69) is 47.9 Å². The summed E-state index contributed by atoms with van der Waals surface area (Å²) in [6.07, 6.45) is 23.1. The third-order valence-corrected chi connectivity index (χ3v) is 6.39. The van der Waals surface area contributed by atoms with Crippen molar-refractivity contribution in [2.45, 2.75) is 82.6 Å². The van der Waals surface area contributed by atoms with Crippen LogP contribution in [0.15, 0.2) is 24.3 Å².